The van der Waals surface area contributed by atoms with E-state index in [2.05, 4.69) is 16.0 Å². The van der Waals surface area contributed by atoms with E-state index in [0.717, 1.165) is 11.3 Å². The summed E-state index contributed by atoms with van der Waals surface area (Å²) in [6.07, 6.45) is 3.42. The van der Waals surface area contributed by atoms with E-state index in [1.54, 1.807) is 18.5 Å². The molecule has 0 fully saturated rings. The Labute approximate surface area is 112 Å². The molecule has 1 heterocycles. The minimum absolute atomic E-state index is 0.134. The molecule has 4 nitrogen and oxygen atoms in total. The normalized spacial score (nSPS) is 11.9. The largest absolute Gasteiger partial charge is 0.491 e. The minimum Gasteiger partial charge on any atom is -0.491 e. The molecule has 0 radical (unpaired) electrons. The van der Waals surface area contributed by atoms with Gasteiger partial charge in [-0.25, -0.2) is 9.97 Å². The van der Waals surface area contributed by atoms with Gasteiger partial charge in [-0.05, 0) is 37.6 Å². The van der Waals surface area contributed by atoms with Crippen LogP contribution < -0.4 is 4.74 Å². The standard InChI is InChI=1S/C15H15N3O/c1-11(2)19-13-6-4-12(5-7-13)14(10-16)15-17-8-3-9-18-15/h3-9,11,14H,1-2H3. The molecule has 1 atom stereocenters. The first-order valence-corrected chi connectivity index (χ1v) is 6.14. The van der Waals surface area contributed by atoms with E-state index in [1.165, 1.54) is 0 Å². The summed E-state index contributed by atoms with van der Waals surface area (Å²) < 4.78 is 5.57. The third-order valence-corrected chi connectivity index (χ3v) is 2.56. The second-order valence-electron chi connectivity index (χ2n) is 4.40. The molecule has 0 spiro atoms. The summed E-state index contributed by atoms with van der Waals surface area (Å²) in [4.78, 5) is 8.26. The van der Waals surface area contributed by atoms with E-state index in [0.29, 0.717) is 5.82 Å². The van der Waals surface area contributed by atoms with Crippen LogP contribution in [0.3, 0.4) is 0 Å². The molecule has 0 saturated heterocycles. The molecule has 19 heavy (non-hydrogen) atoms. The van der Waals surface area contributed by atoms with Gasteiger partial charge in [0.1, 0.15) is 17.5 Å². The van der Waals surface area contributed by atoms with Crippen molar-refractivity contribution in [3.63, 3.8) is 0 Å². The van der Waals surface area contributed by atoms with Crippen LogP contribution in [0.15, 0.2) is 42.7 Å². The topological polar surface area (TPSA) is 58.8 Å². The zero-order valence-electron chi connectivity index (χ0n) is 10.9. The summed E-state index contributed by atoms with van der Waals surface area (Å²) in [5.74, 6) is 0.862. The number of aromatic nitrogens is 2. The molecular formula is C15H15N3O. The van der Waals surface area contributed by atoms with Gasteiger partial charge in [0, 0.05) is 12.4 Å². The monoisotopic (exact) mass is 253 g/mol. The van der Waals surface area contributed by atoms with Gasteiger partial charge < -0.3 is 4.74 Å². The second kappa shape index (κ2) is 5.96. The number of nitriles is 1. The molecule has 1 aromatic carbocycles. The van der Waals surface area contributed by atoms with Gasteiger partial charge in [-0.15, -0.1) is 0 Å². The molecule has 0 aliphatic heterocycles. The fourth-order valence-corrected chi connectivity index (χ4v) is 1.75. The van der Waals surface area contributed by atoms with Gasteiger partial charge in [0.25, 0.3) is 0 Å². The molecule has 2 rings (SSSR count). The Morgan fingerprint density at radius 3 is 2.26 bits per heavy atom. The van der Waals surface area contributed by atoms with Gasteiger partial charge in [-0.3, -0.25) is 0 Å². The van der Waals surface area contributed by atoms with Gasteiger partial charge in [-0.1, -0.05) is 12.1 Å². The molecular weight excluding hydrogens is 238 g/mol. The fraction of sp³-hybridized carbons (Fsp3) is 0.267. The van der Waals surface area contributed by atoms with Crippen molar-refractivity contribution in [1.29, 1.82) is 5.26 Å². The molecule has 0 N–H and O–H groups in total. The average molecular weight is 253 g/mol. The number of hydrogen-bond acceptors (Lipinski definition) is 4. The van der Waals surface area contributed by atoms with Crippen LogP contribution in [-0.2, 0) is 0 Å². The van der Waals surface area contributed by atoms with E-state index in [1.807, 2.05) is 38.1 Å². The maximum atomic E-state index is 9.29. The second-order valence-corrected chi connectivity index (χ2v) is 4.40. The molecule has 4 heteroatoms. The lowest BCUT2D eigenvalue weighted by atomic mass is 10.00. The molecule has 0 aliphatic rings. The molecule has 0 saturated carbocycles. The number of rotatable bonds is 4. The first kappa shape index (κ1) is 13.0. The van der Waals surface area contributed by atoms with Crippen molar-refractivity contribution in [2.45, 2.75) is 25.9 Å². The summed E-state index contributed by atoms with van der Waals surface area (Å²) in [5.41, 5.74) is 0.866. The maximum Gasteiger partial charge on any atom is 0.149 e. The Balaban J connectivity index is 2.23. The Morgan fingerprint density at radius 1 is 1.11 bits per heavy atom. The predicted octanol–water partition coefficient (Wildman–Crippen LogP) is 2.92. The first-order valence-electron chi connectivity index (χ1n) is 6.14. The Morgan fingerprint density at radius 2 is 1.74 bits per heavy atom. The zero-order chi connectivity index (χ0) is 13.7. The summed E-state index contributed by atoms with van der Waals surface area (Å²) in [7, 11) is 0. The maximum absolute atomic E-state index is 9.29. The van der Waals surface area contributed by atoms with E-state index in [-0.39, 0.29) is 6.10 Å². The fourth-order valence-electron chi connectivity index (χ4n) is 1.75. The molecule has 1 unspecified atom stereocenters. The first-order chi connectivity index (χ1) is 9.20. The Kier molecular flexibility index (Phi) is 4.09. The lowest BCUT2D eigenvalue weighted by molar-refractivity contribution is 0.242. The Bertz CT molecular complexity index is 558. The van der Waals surface area contributed by atoms with Crippen LogP contribution in [0.1, 0.15) is 31.2 Å². The molecule has 0 bridgehead atoms. The van der Waals surface area contributed by atoms with Crippen LogP contribution >= 0.6 is 0 Å². The third kappa shape index (κ3) is 3.29. The zero-order valence-corrected chi connectivity index (χ0v) is 10.9. The van der Waals surface area contributed by atoms with Gasteiger partial charge in [-0.2, -0.15) is 5.26 Å². The minimum atomic E-state index is -0.450. The summed E-state index contributed by atoms with van der Waals surface area (Å²) >= 11 is 0. The molecule has 1 aromatic heterocycles. The van der Waals surface area contributed by atoms with Crippen molar-refractivity contribution >= 4 is 0 Å². The van der Waals surface area contributed by atoms with Gasteiger partial charge in [0.2, 0.25) is 0 Å². The van der Waals surface area contributed by atoms with Crippen molar-refractivity contribution < 1.29 is 4.74 Å². The number of benzene rings is 1. The predicted molar refractivity (Wildman–Crippen MR) is 71.7 cm³/mol. The average Bonchev–Trinajstić information content (AvgIpc) is 2.42. The van der Waals surface area contributed by atoms with Crippen molar-refractivity contribution in [1.82, 2.24) is 9.97 Å². The molecule has 0 amide bonds. The van der Waals surface area contributed by atoms with E-state index in [4.69, 9.17) is 4.74 Å². The quantitative estimate of drug-likeness (QED) is 0.840. The van der Waals surface area contributed by atoms with Crippen LogP contribution in [0.5, 0.6) is 5.75 Å². The summed E-state index contributed by atoms with van der Waals surface area (Å²) in [6.45, 7) is 3.95. The van der Waals surface area contributed by atoms with Crippen molar-refractivity contribution in [2.75, 3.05) is 0 Å². The molecule has 96 valence electrons. The lowest BCUT2D eigenvalue weighted by Crippen LogP contribution is -2.06. The van der Waals surface area contributed by atoms with Crippen LogP contribution in [-0.4, -0.2) is 16.1 Å². The summed E-state index contributed by atoms with van der Waals surface area (Å²) in [5, 5.41) is 9.29. The molecule has 2 aromatic rings. The molecule has 0 aliphatic carbocycles. The van der Waals surface area contributed by atoms with Gasteiger partial charge in [0.05, 0.1) is 12.2 Å². The van der Waals surface area contributed by atoms with Crippen molar-refractivity contribution in [2.24, 2.45) is 0 Å². The third-order valence-electron chi connectivity index (χ3n) is 2.56. The Hall–Kier alpha value is -2.41. The number of ether oxygens (including phenoxy) is 1. The SMILES string of the molecule is CC(C)Oc1ccc(C(C#N)c2ncccn2)cc1. The van der Waals surface area contributed by atoms with Crippen LogP contribution in [0, 0.1) is 11.3 Å². The number of nitrogens with zero attached hydrogens (tertiary/aromatic N) is 3. The van der Waals surface area contributed by atoms with Gasteiger partial charge in [0.15, 0.2) is 0 Å². The number of hydrogen-bond donors (Lipinski definition) is 0. The van der Waals surface area contributed by atoms with Crippen LogP contribution in [0.25, 0.3) is 0 Å². The smallest absolute Gasteiger partial charge is 0.149 e. The van der Waals surface area contributed by atoms with E-state index < -0.39 is 5.92 Å². The lowest BCUT2D eigenvalue weighted by Gasteiger charge is -2.11. The highest BCUT2D eigenvalue weighted by atomic mass is 16.5. The van der Waals surface area contributed by atoms with Crippen LogP contribution in [0.4, 0.5) is 0 Å². The van der Waals surface area contributed by atoms with Crippen molar-refractivity contribution in [3.05, 3.63) is 54.1 Å². The van der Waals surface area contributed by atoms with Gasteiger partial charge >= 0.3 is 0 Å². The van der Waals surface area contributed by atoms with Crippen molar-refractivity contribution in [3.8, 4) is 11.8 Å². The van der Waals surface area contributed by atoms with E-state index in [9.17, 15) is 5.26 Å². The van der Waals surface area contributed by atoms with E-state index >= 15 is 0 Å². The highest BCUT2D eigenvalue weighted by Crippen LogP contribution is 2.23. The van der Waals surface area contributed by atoms with Crippen LogP contribution in [0.2, 0.25) is 0 Å². The highest BCUT2D eigenvalue weighted by molar-refractivity contribution is 5.36. The highest BCUT2D eigenvalue weighted by Gasteiger charge is 2.15. The summed E-state index contributed by atoms with van der Waals surface area (Å²) in [6, 6.07) is 11.4.